The number of H-pyrrole nitrogens is 1. The summed E-state index contributed by atoms with van der Waals surface area (Å²) in [6.07, 6.45) is 1.42. The second-order valence-corrected chi connectivity index (χ2v) is 5.53. The lowest BCUT2D eigenvalue weighted by Crippen LogP contribution is -2.40. The van der Waals surface area contributed by atoms with Crippen LogP contribution >= 0.6 is 0 Å². The summed E-state index contributed by atoms with van der Waals surface area (Å²) in [6, 6.07) is 0. The van der Waals surface area contributed by atoms with Crippen molar-refractivity contribution in [2.75, 3.05) is 5.73 Å². The van der Waals surface area contributed by atoms with Gasteiger partial charge in [-0.1, -0.05) is 13.8 Å². The van der Waals surface area contributed by atoms with Crippen LogP contribution in [0.4, 0.5) is 5.95 Å². The fourth-order valence-corrected chi connectivity index (χ4v) is 2.81. The maximum absolute atomic E-state index is 11.5. The third-order valence-electron chi connectivity index (χ3n) is 4.55. The van der Waals surface area contributed by atoms with Crippen molar-refractivity contribution >= 4 is 11.9 Å². The third kappa shape index (κ3) is 1.50. The van der Waals surface area contributed by atoms with E-state index < -0.39 is 11.4 Å². The molecule has 17 heavy (non-hydrogen) atoms. The normalized spacial score (nSPS) is 31.6. The number of nitrogens with two attached hydrogens (primary N) is 1. The number of carboxylic acid groups (broad SMARTS) is 1. The average Bonchev–Trinajstić information content (AvgIpc) is 2.72. The van der Waals surface area contributed by atoms with Crippen LogP contribution in [0.1, 0.15) is 45.4 Å². The molecule has 1 aromatic rings. The Kier molecular flexibility index (Phi) is 2.41. The van der Waals surface area contributed by atoms with Crippen LogP contribution in [-0.4, -0.2) is 26.3 Å². The van der Waals surface area contributed by atoms with Crippen LogP contribution in [-0.2, 0) is 4.79 Å². The van der Waals surface area contributed by atoms with Crippen molar-refractivity contribution in [3.63, 3.8) is 0 Å². The Labute approximate surface area is 99.6 Å². The first-order valence-corrected chi connectivity index (χ1v) is 5.70. The van der Waals surface area contributed by atoms with Crippen LogP contribution in [0.25, 0.3) is 0 Å². The van der Waals surface area contributed by atoms with Crippen LogP contribution in [0.15, 0.2) is 0 Å². The van der Waals surface area contributed by atoms with Gasteiger partial charge in [-0.15, -0.1) is 5.10 Å². The molecule has 1 heterocycles. The highest BCUT2D eigenvalue weighted by molar-refractivity contribution is 5.76. The van der Waals surface area contributed by atoms with Gasteiger partial charge in [-0.25, -0.2) is 0 Å². The van der Waals surface area contributed by atoms with Gasteiger partial charge in [0.2, 0.25) is 5.95 Å². The minimum atomic E-state index is -0.752. The molecule has 94 valence electrons. The number of nitrogen functional groups attached to an aromatic ring is 1. The molecule has 1 aliphatic carbocycles. The second-order valence-electron chi connectivity index (χ2n) is 5.53. The molecule has 0 unspecified atom stereocenters. The predicted octanol–water partition coefficient (Wildman–Crippen LogP) is 1.38. The first-order valence-electron chi connectivity index (χ1n) is 5.70. The van der Waals surface area contributed by atoms with Crippen LogP contribution in [0.5, 0.6) is 0 Å². The summed E-state index contributed by atoms with van der Waals surface area (Å²) >= 11 is 0. The van der Waals surface area contributed by atoms with E-state index in [9.17, 15) is 9.90 Å². The van der Waals surface area contributed by atoms with E-state index in [-0.39, 0.29) is 17.3 Å². The summed E-state index contributed by atoms with van der Waals surface area (Å²) in [5, 5.41) is 16.0. The van der Waals surface area contributed by atoms with Gasteiger partial charge in [-0.2, -0.15) is 4.98 Å². The van der Waals surface area contributed by atoms with Crippen molar-refractivity contribution in [1.29, 1.82) is 0 Å². The summed E-state index contributed by atoms with van der Waals surface area (Å²) in [4.78, 5) is 15.6. The highest BCUT2D eigenvalue weighted by Gasteiger charge is 2.57. The fourth-order valence-electron chi connectivity index (χ4n) is 2.81. The Hall–Kier alpha value is -1.59. The number of aliphatic carboxylic acids is 1. The van der Waals surface area contributed by atoms with Crippen molar-refractivity contribution in [2.45, 2.75) is 39.5 Å². The Morgan fingerprint density at radius 3 is 2.59 bits per heavy atom. The summed E-state index contributed by atoms with van der Waals surface area (Å²) in [5.41, 5.74) is 4.37. The van der Waals surface area contributed by atoms with E-state index in [1.165, 1.54) is 0 Å². The number of rotatable bonds is 2. The van der Waals surface area contributed by atoms with Crippen molar-refractivity contribution in [2.24, 2.45) is 10.8 Å². The first kappa shape index (κ1) is 11.9. The molecule has 0 spiro atoms. The minimum Gasteiger partial charge on any atom is -0.481 e. The Morgan fingerprint density at radius 2 is 2.18 bits per heavy atom. The van der Waals surface area contributed by atoms with Gasteiger partial charge in [0.1, 0.15) is 5.82 Å². The van der Waals surface area contributed by atoms with Gasteiger partial charge in [0.25, 0.3) is 0 Å². The molecule has 6 nitrogen and oxygen atoms in total. The lowest BCUT2D eigenvalue weighted by molar-refractivity contribution is -0.153. The molecule has 2 rings (SSSR count). The van der Waals surface area contributed by atoms with Gasteiger partial charge < -0.3 is 10.8 Å². The molecule has 0 amide bonds. The van der Waals surface area contributed by atoms with Crippen molar-refractivity contribution in [1.82, 2.24) is 15.2 Å². The molecule has 1 aliphatic rings. The number of hydrogen-bond acceptors (Lipinski definition) is 4. The van der Waals surface area contributed by atoms with E-state index in [0.717, 1.165) is 6.42 Å². The number of nitrogens with one attached hydrogen (secondary N) is 1. The summed E-state index contributed by atoms with van der Waals surface area (Å²) in [6.45, 7) is 5.74. The van der Waals surface area contributed by atoms with Crippen molar-refractivity contribution in [3.05, 3.63) is 5.82 Å². The lowest BCUT2D eigenvalue weighted by atomic mass is 9.65. The van der Waals surface area contributed by atoms with E-state index in [1.54, 1.807) is 6.92 Å². The highest BCUT2D eigenvalue weighted by Crippen LogP contribution is 2.59. The first-order chi connectivity index (χ1) is 7.79. The molecule has 2 atom stereocenters. The molecule has 0 aromatic carbocycles. The molecular formula is C11H18N4O2. The quantitative estimate of drug-likeness (QED) is 0.722. The molecule has 6 heteroatoms. The molecular weight excluding hydrogens is 220 g/mol. The minimum absolute atomic E-state index is 0.0494. The summed E-state index contributed by atoms with van der Waals surface area (Å²) in [5.74, 6) is 0.197. The van der Waals surface area contributed by atoms with Gasteiger partial charge in [0, 0.05) is 5.92 Å². The summed E-state index contributed by atoms with van der Waals surface area (Å²) in [7, 11) is 0. The molecule has 1 fully saturated rings. The van der Waals surface area contributed by atoms with Gasteiger partial charge in [0.05, 0.1) is 5.41 Å². The summed E-state index contributed by atoms with van der Waals surface area (Å²) < 4.78 is 0. The van der Waals surface area contributed by atoms with Crippen molar-refractivity contribution < 1.29 is 9.90 Å². The highest BCUT2D eigenvalue weighted by atomic mass is 16.4. The number of nitrogens with zero attached hydrogens (tertiary/aromatic N) is 2. The van der Waals surface area contributed by atoms with Crippen LogP contribution in [0.2, 0.25) is 0 Å². The van der Waals surface area contributed by atoms with E-state index in [1.807, 2.05) is 13.8 Å². The number of hydrogen-bond donors (Lipinski definition) is 3. The monoisotopic (exact) mass is 238 g/mol. The molecule has 1 saturated carbocycles. The molecule has 0 aliphatic heterocycles. The van der Waals surface area contributed by atoms with Crippen LogP contribution < -0.4 is 5.73 Å². The zero-order valence-electron chi connectivity index (χ0n) is 10.3. The Bertz CT molecular complexity index is 454. The topological polar surface area (TPSA) is 105 Å². The number of aromatic nitrogens is 3. The van der Waals surface area contributed by atoms with E-state index in [0.29, 0.717) is 12.2 Å². The zero-order chi connectivity index (χ0) is 12.8. The van der Waals surface area contributed by atoms with Gasteiger partial charge >= 0.3 is 5.97 Å². The average molecular weight is 238 g/mol. The van der Waals surface area contributed by atoms with Gasteiger partial charge in [0.15, 0.2) is 0 Å². The van der Waals surface area contributed by atoms with E-state index >= 15 is 0 Å². The number of anilines is 1. The number of carboxylic acids is 1. The fraction of sp³-hybridized carbons (Fsp3) is 0.727. The smallest absolute Gasteiger partial charge is 0.309 e. The zero-order valence-corrected chi connectivity index (χ0v) is 10.3. The largest absolute Gasteiger partial charge is 0.481 e. The SMILES string of the molecule is CC1(C)[C@H](c2nc(N)n[nH]2)CC[C@@]1(C)C(=O)O. The van der Waals surface area contributed by atoms with E-state index in [2.05, 4.69) is 15.2 Å². The second kappa shape index (κ2) is 3.45. The number of carbonyl (C=O) groups is 1. The Balaban J connectivity index is 2.38. The third-order valence-corrected chi connectivity index (χ3v) is 4.55. The Morgan fingerprint density at radius 1 is 1.53 bits per heavy atom. The van der Waals surface area contributed by atoms with Crippen LogP contribution in [0.3, 0.4) is 0 Å². The van der Waals surface area contributed by atoms with Crippen molar-refractivity contribution in [3.8, 4) is 0 Å². The maximum Gasteiger partial charge on any atom is 0.309 e. The maximum atomic E-state index is 11.5. The van der Waals surface area contributed by atoms with Crippen LogP contribution in [0, 0.1) is 10.8 Å². The molecule has 1 aromatic heterocycles. The van der Waals surface area contributed by atoms with Gasteiger partial charge in [-0.05, 0) is 25.2 Å². The number of aromatic amines is 1. The molecule has 0 radical (unpaired) electrons. The molecule has 0 saturated heterocycles. The van der Waals surface area contributed by atoms with E-state index in [4.69, 9.17) is 5.73 Å². The lowest BCUT2D eigenvalue weighted by Gasteiger charge is -2.37. The standard InChI is InChI=1S/C11H18N4O2/c1-10(2)6(7-13-9(12)15-14-7)4-5-11(10,3)8(16)17/h6H,4-5H2,1-3H3,(H,16,17)(H3,12,13,14,15)/t6-,11-/m0/s1. The van der Waals surface area contributed by atoms with Gasteiger partial charge in [-0.3, -0.25) is 9.89 Å². The predicted molar refractivity (Wildman–Crippen MR) is 62.3 cm³/mol. The molecule has 0 bridgehead atoms. The molecule has 4 N–H and O–H groups in total.